The van der Waals surface area contributed by atoms with E-state index in [0.717, 1.165) is 28.2 Å². The highest BCUT2D eigenvalue weighted by atomic mass is 16.2. The van der Waals surface area contributed by atoms with Gasteiger partial charge >= 0.3 is 0 Å². The van der Waals surface area contributed by atoms with E-state index in [2.05, 4.69) is 10.6 Å². The minimum absolute atomic E-state index is 0.0810. The molecule has 2 aromatic heterocycles. The van der Waals surface area contributed by atoms with E-state index in [4.69, 9.17) is 5.10 Å². The molecule has 23 heavy (non-hydrogen) atoms. The molecule has 3 heterocycles. The molecule has 1 aliphatic heterocycles. The Labute approximate surface area is 134 Å². The average molecular weight is 306 g/mol. The summed E-state index contributed by atoms with van der Waals surface area (Å²) < 4.78 is 3.97. The fourth-order valence-electron chi connectivity index (χ4n) is 3.10. The number of aromatic nitrogens is 3. The van der Waals surface area contributed by atoms with E-state index < -0.39 is 0 Å². The van der Waals surface area contributed by atoms with Gasteiger partial charge in [0.15, 0.2) is 0 Å². The number of para-hydroxylation sites is 1. The Morgan fingerprint density at radius 3 is 2.65 bits per heavy atom. The molecule has 0 saturated heterocycles. The van der Waals surface area contributed by atoms with Gasteiger partial charge in [0.1, 0.15) is 0 Å². The topological polar surface area (TPSA) is 43.1 Å². The molecular formula is C18H18N4O. The van der Waals surface area contributed by atoms with E-state index in [9.17, 15) is 4.79 Å². The van der Waals surface area contributed by atoms with Crippen molar-refractivity contribution in [1.82, 2.24) is 19.2 Å². The van der Waals surface area contributed by atoms with Crippen molar-refractivity contribution >= 4 is 5.91 Å². The third-order valence-corrected chi connectivity index (χ3v) is 4.41. The summed E-state index contributed by atoms with van der Waals surface area (Å²) in [6.45, 7) is 2.83. The smallest absolute Gasteiger partial charge is 0.220 e. The normalized spacial score (nSPS) is 13.4. The van der Waals surface area contributed by atoms with Gasteiger partial charge in [-0.3, -0.25) is 4.79 Å². The van der Waals surface area contributed by atoms with E-state index in [1.54, 1.807) is 6.92 Å². The number of rotatable bonds is 1. The molecule has 0 radical (unpaired) electrons. The van der Waals surface area contributed by atoms with Crippen molar-refractivity contribution in [2.75, 3.05) is 0 Å². The third-order valence-electron chi connectivity index (χ3n) is 4.41. The third kappa shape index (κ3) is 2.25. The van der Waals surface area contributed by atoms with Gasteiger partial charge in [0, 0.05) is 49.7 Å². The molecule has 116 valence electrons. The molecule has 1 aromatic carbocycles. The molecule has 0 spiro atoms. The second-order valence-electron chi connectivity index (χ2n) is 5.95. The molecule has 0 bridgehead atoms. The van der Waals surface area contributed by atoms with Crippen molar-refractivity contribution < 1.29 is 4.79 Å². The Morgan fingerprint density at radius 1 is 1.13 bits per heavy atom. The average Bonchev–Trinajstić information content (AvgIpc) is 3.08. The van der Waals surface area contributed by atoms with Crippen molar-refractivity contribution in [2.24, 2.45) is 7.05 Å². The quantitative estimate of drug-likeness (QED) is 0.694. The zero-order valence-corrected chi connectivity index (χ0v) is 13.2. The standard InChI is InChI=1S/C18H18N4O/c1-13(23)21-10-14-11-22(15-6-4-3-5-7-15)19-18(14)16-8-9-20(2)17(16)12-21/h3-9,11H,10,12H2,1-2H3. The van der Waals surface area contributed by atoms with Gasteiger partial charge in [0.25, 0.3) is 0 Å². The van der Waals surface area contributed by atoms with Crippen LogP contribution in [0.3, 0.4) is 0 Å². The molecule has 5 heteroatoms. The number of fused-ring (bicyclic) bond motifs is 3. The lowest BCUT2D eigenvalue weighted by Gasteiger charge is -2.19. The molecule has 0 N–H and O–H groups in total. The summed E-state index contributed by atoms with van der Waals surface area (Å²) in [5, 5.41) is 4.79. The van der Waals surface area contributed by atoms with Crippen LogP contribution in [-0.2, 0) is 24.9 Å². The van der Waals surface area contributed by atoms with Crippen molar-refractivity contribution in [2.45, 2.75) is 20.0 Å². The van der Waals surface area contributed by atoms with Crippen LogP contribution in [-0.4, -0.2) is 25.2 Å². The van der Waals surface area contributed by atoms with Crippen LogP contribution in [0, 0.1) is 0 Å². The van der Waals surface area contributed by atoms with Crippen LogP contribution in [0.5, 0.6) is 0 Å². The van der Waals surface area contributed by atoms with Gasteiger partial charge in [0.2, 0.25) is 5.91 Å². The van der Waals surface area contributed by atoms with Crippen LogP contribution in [0.25, 0.3) is 16.9 Å². The number of aryl methyl sites for hydroxylation is 1. The van der Waals surface area contributed by atoms with Gasteiger partial charge < -0.3 is 9.47 Å². The predicted octanol–water partition coefficient (Wildman–Crippen LogP) is 2.74. The van der Waals surface area contributed by atoms with E-state index in [1.807, 2.05) is 59.4 Å². The van der Waals surface area contributed by atoms with Gasteiger partial charge in [0.05, 0.1) is 17.9 Å². The molecule has 0 unspecified atom stereocenters. The Hall–Kier alpha value is -2.82. The predicted molar refractivity (Wildman–Crippen MR) is 87.9 cm³/mol. The summed E-state index contributed by atoms with van der Waals surface area (Å²) in [5.74, 6) is 0.0810. The van der Waals surface area contributed by atoms with Crippen molar-refractivity contribution in [1.29, 1.82) is 0 Å². The number of benzene rings is 1. The summed E-state index contributed by atoms with van der Waals surface area (Å²) in [4.78, 5) is 13.8. The first kappa shape index (κ1) is 13.8. The summed E-state index contributed by atoms with van der Waals surface area (Å²) in [5.41, 5.74) is 5.30. The molecule has 0 fully saturated rings. The van der Waals surface area contributed by atoms with E-state index in [0.29, 0.717) is 13.1 Å². The van der Waals surface area contributed by atoms with Gasteiger partial charge in [-0.05, 0) is 18.2 Å². The monoisotopic (exact) mass is 306 g/mol. The first-order valence-corrected chi connectivity index (χ1v) is 7.67. The van der Waals surface area contributed by atoms with Crippen LogP contribution < -0.4 is 0 Å². The fraction of sp³-hybridized carbons (Fsp3) is 0.222. The maximum absolute atomic E-state index is 12.0. The van der Waals surface area contributed by atoms with Crippen LogP contribution >= 0.6 is 0 Å². The number of nitrogens with zero attached hydrogens (tertiary/aromatic N) is 4. The molecule has 0 aliphatic carbocycles. The Bertz CT molecular complexity index is 876. The maximum Gasteiger partial charge on any atom is 0.220 e. The van der Waals surface area contributed by atoms with Crippen LogP contribution in [0.1, 0.15) is 18.2 Å². The van der Waals surface area contributed by atoms with Crippen molar-refractivity contribution in [3.63, 3.8) is 0 Å². The summed E-state index contributed by atoms with van der Waals surface area (Å²) in [7, 11) is 2.01. The zero-order chi connectivity index (χ0) is 16.0. The lowest BCUT2D eigenvalue weighted by Crippen LogP contribution is -2.27. The first-order chi connectivity index (χ1) is 11.1. The summed E-state index contributed by atoms with van der Waals surface area (Å²) >= 11 is 0. The summed E-state index contributed by atoms with van der Waals surface area (Å²) in [6, 6.07) is 12.1. The highest BCUT2D eigenvalue weighted by Crippen LogP contribution is 2.32. The van der Waals surface area contributed by atoms with Crippen molar-refractivity contribution in [3.05, 3.63) is 60.0 Å². The zero-order valence-electron chi connectivity index (χ0n) is 13.2. The Kier molecular flexibility index (Phi) is 3.08. The molecule has 1 amide bonds. The second-order valence-corrected chi connectivity index (χ2v) is 5.95. The molecule has 1 aliphatic rings. The van der Waals surface area contributed by atoms with Gasteiger partial charge in [-0.2, -0.15) is 5.10 Å². The summed E-state index contributed by atoms with van der Waals surface area (Å²) in [6.07, 6.45) is 4.06. The lowest BCUT2D eigenvalue weighted by molar-refractivity contribution is -0.130. The fourth-order valence-corrected chi connectivity index (χ4v) is 3.10. The number of hydrogen-bond donors (Lipinski definition) is 0. The highest BCUT2D eigenvalue weighted by molar-refractivity contribution is 5.76. The largest absolute Gasteiger partial charge is 0.352 e. The molecular weight excluding hydrogens is 288 g/mol. The van der Waals surface area contributed by atoms with Crippen LogP contribution in [0.15, 0.2) is 48.8 Å². The Balaban J connectivity index is 1.88. The molecule has 5 nitrogen and oxygen atoms in total. The van der Waals surface area contributed by atoms with Crippen molar-refractivity contribution in [3.8, 4) is 16.9 Å². The van der Waals surface area contributed by atoms with E-state index in [1.165, 1.54) is 0 Å². The molecule has 0 atom stereocenters. The highest BCUT2D eigenvalue weighted by Gasteiger charge is 2.25. The number of hydrogen-bond acceptors (Lipinski definition) is 2. The number of amides is 1. The second kappa shape index (κ2) is 5.12. The first-order valence-electron chi connectivity index (χ1n) is 7.67. The minimum Gasteiger partial charge on any atom is -0.352 e. The SMILES string of the molecule is CC(=O)N1Cc2cn(-c3ccccc3)nc2-c2ccn(C)c2C1. The van der Waals surface area contributed by atoms with E-state index >= 15 is 0 Å². The van der Waals surface area contributed by atoms with Gasteiger partial charge in [-0.15, -0.1) is 0 Å². The number of carbonyl (C=O) groups is 1. The number of carbonyl (C=O) groups excluding carboxylic acids is 1. The molecule has 3 aromatic rings. The maximum atomic E-state index is 12.0. The van der Waals surface area contributed by atoms with E-state index in [-0.39, 0.29) is 5.91 Å². The lowest BCUT2D eigenvalue weighted by atomic mass is 10.1. The van der Waals surface area contributed by atoms with Gasteiger partial charge in [-0.25, -0.2) is 4.68 Å². The van der Waals surface area contributed by atoms with Crippen LogP contribution in [0.4, 0.5) is 0 Å². The molecule has 4 rings (SSSR count). The van der Waals surface area contributed by atoms with Crippen LogP contribution in [0.2, 0.25) is 0 Å². The molecule has 0 saturated carbocycles. The minimum atomic E-state index is 0.0810. The Morgan fingerprint density at radius 2 is 1.91 bits per heavy atom. The van der Waals surface area contributed by atoms with Gasteiger partial charge in [-0.1, -0.05) is 18.2 Å².